The summed E-state index contributed by atoms with van der Waals surface area (Å²) in [6, 6.07) is -0.373. The van der Waals surface area contributed by atoms with Crippen molar-refractivity contribution in [2.45, 2.75) is 24.6 Å². The van der Waals surface area contributed by atoms with Gasteiger partial charge in [0.05, 0.1) is 12.7 Å². The largest absolute Gasteiger partial charge is 0.394 e. The number of hydrogen-bond acceptors (Lipinski definition) is 3. The highest BCUT2D eigenvalue weighted by Crippen LogP contribution is 2.15. The third-order valence-electron chi connectivity index (χ3n) is 1.51. The van der Waals surface area contributed by atoms with Crippen LogP contribution in [-0.2, 0) is 4.74 Å². The summed E-state index contributed by atoms with van der Waals surface area (Å²) in [6.07, 6.45) is 0.394. The molecule has 4 heteroatoms. The van der Waals surface area contributed by atoms with Crippen LogP contribution >= 0.6 is 0 Å². The molecule has 1 fully saturated rings. The summed E-state index contributed by atoms with van der Waals surface area (Å²) in [5.74, 6) is 0. The summed E-state index contributed by atoms with van der Waals surface area (Å²) in [4.78, 5) is 0. The zero-order chi connectivity index (χ0) is 6.85. The molecule has 9 heavy (non-hydrogen) atoms. The second kappa shape index (κ2) is 2.69. The Morgan fingerprint density at radius 2 is 2.44 bits per heavy atom. The Kier molecular flexibility index (Phi) is 2.11. The van der Waals surface area contributed by atoms with Crippen LogP contribution in [0.4, 0.5) is 0 Å². The van der Waals surface area contributed by atoms with Gasteiger partial charge in [0.1, 0.15) is 7.85 Å². The fourth-order valence-corrected chi connectivity index (χ4v) is 0.979. The first-order valence-electron chi connectivity index (χ1n) is 3.01. The zero-order valence-electron chi connectivity index (χ0n) is 5.16. The van der Waals surface area contributed by atoms with Crippen molar-refractivity contribution in [2.24, 2.45) is 5.73 Å². The maximum atomic E-state index is 8.59. The Morgan fingerprint density at radius 3 is 2.67 bits per heavy atom. The van der Waals surface area contributed by atoms with Gasteiger partial charge in [-0.1, -0.05) is 0 Å². The van der Waals surface area contributed by atoms with E-state index in [1.54, 1.807) is 0 Å². The van der Waals surface area contributed by atoms with E-state index in [-0.39, 0.29) is 24.8 Å². The van der Waals surface area contributed by atoms with Crippen LogP contribution in [0, 0.1) is 0 Å². The molecule has 50 valence electrons. The van der Waals surface area contributed by atoms with Crippen molar-refractivity contribution in [3.63, 3.8) is 0 Å². The van der Waals surface area contributed by atoms with Gasteiger partial charge in [-0.3, -0.25) is 0 Å². The minimum Gasteiger partial charge on any atom is -0.394 e. The van der Waals surface area contributed by atoms with Crippen LogP contribution in [0.25, 0.3) is 0 Å². The number of ether oxygens (including phenoxy) is 1. The van der Waals surface area contributed by atoms with Crippen molar-refractivity contribution < 1.29 is 9.84 Å². The van der Waals surface area contributed by atoms with Gasteiger partial charge in [0.2, 0.25) is 0 Å². The highest BCUT2D eigenvalue weighted by molar-refractivity contribution is 6.11. The maximum Gasteiger partial charge on any atom is 0.109 e. The third-order valence-corrected chi connectivity index (χ3v) is 1.51. The maximum absolute atomic E-state index is 8.59. The molecule has 0 amide bonds. The molecule has 1 rings (SSSR count). The number of aliphatic hydroxyl groups excluding tert-OH is 1. The fourth-order valence-electron chi connectivity index (χ4n) is 0.979. The first kappa shape index (κ1) is 7.06. The summed E-state index contributed by atoms with van der Waals surface area (Å²) in [6.45, 7) is -0.0329. The molecule has 1 unspecified atom stereocenters. The fraction of sp³-hybridized carbons (Fsp3) is 1.00. The lowest BCUT2D eigenvalue weighted by Gasteiger charge is -2.09. The van der Waals surface area contributed by atoms with Gasteiger partial charge in [-0.25, -0.2) is 0 Å². The summed E-state index contributed by atoms with van der Waals surface area (Å²) >= 11 is 0. The van der Waals surface area contributed by atoms with E-state index in [4.69, 9.17) is 23.4 Å². The molecule has 1 saturated heterocycles. The average Bonchev–Trinajstić information content (AvgIpc) is 2.10. The number of nitrogens with two attached hydrogens (primary N) is 1. The smallest absolute Gasteiger partial charge is 0.109 e. The zero-order valence-corrected chi connectivity index (χ0v) is 5.16. The molecular formula is C5H10BNO2. The van der Waals surface area contributed by atoms with Gasteiger partial charge in [0.15, 0.2) is 0 Å². The molecule has 3 nitrogen and oxygen atoms in total. The summed E-state index contributed by atoms with van der Waals surface area (Å²) < 4.78 is 5.03. The quantitative estimate of drug-likeness (QED) is 0.425. The van der Waals surface area contributed by atoms with Crippen LogP contribution in [-0.4, -0.2) is 37.7 Å². The van der Waals surface area contributed by atoms with Crippen LogP contribution < -0.4 is 5.73 Å². The molecule has 0 saturated carbocycles. The highest BCUT2D eigenvalue weighted by Gasteiger charge is 2.28. The normalized spacial score (nSPS) is 43.6. The first-order valence-corrected chi connectivity index (χ1v) is 3.01. The lowest BCUT2D eigenvalue weighted by molar-refractivity contribution is 0.0378. The van der Waals surface area contributed by atoms with E-state index in [9.17, 15) is 0 Å². The third kappa shape index (κ3) is 1.44. The standard InChI is InChI=1S/C5H10BNO2/c6-5-1-3(7)4(2-8)9-5/h3-5,8H,1-2,7H2/t3?,4-,5-/m1/s1. The van der Waals surface area contributed by atoms with Crippen molar-refractivity contribution in [2.75, 3.05) is 6.61 Å². The SMILES string of the molecule is [B][C@H]1CC(N)[C@@H](CO)O1. The van der Waals surface area contributed by atoms with Crippen molar-refractivity contribution in [3.05, 3.63) is 0 Å². The Balaban J connectivity index is 2.38. The Bertz CT molecular complexity index is 101. The molecule has 3 N–H and O–H groups in total. The minimum absolute atomic E-state index is 0.0329. The Labute approximate surface area is 55.6 Å². The van der Waals surface area contributed by atoms with Crippen LogP contribution in [0.2, 0.25) is 0 Å². The lowest BCUT2D eigenvalue weighted by atomic mass is 9.95. The topological polar surface area (TPSA) is 55.5 Å². The van der Waals surface area contributed by atoms with Crippen LogP contribution in [0.15, 0.2) is 0 Å². The minimum atomic E-state index is -0.280. The molecule has 1 heterocycles. The van der Waals surface area contributed by atoms with Crippen LogP contribution in [0.3, 0.4) is 0 Å². The van der Waals surface area contributed by atoms with Gasteiger partial charge in [-0.2, -0.15) is 0 Å². The monoisotopic (exact) mass is 127 g/mol. The molecule has 1 aliphatic heterocycles. The van der Waals surface area contributed by atoms with Crippen molar-refractivity contribution in [3.8, 4) is 0 Å². The Hall–Kier alpha value is -0.0551. The van der Waals surface area contributed by atoms with Gasteiger partial charge >= 0.3 is 0 Å². The highest BCUT2D eigenvalue weighted by atomic mass is 16.5. The predicted molar refractivity (Wildman–Crippen MR) is 34.1 cm³/mol. The molecule has 2 radical (unpaired) electrons. The van der Waals surface area contributed by atoms with Gasteiger partial charge in [-0.05, 0) is 6.42 Å². The van der Waals surface area contributed by atoms with E-state index in [0.29, 0.717) is 6.42 Å². The number of aliphatic hydroxyl groups is 1. The van der Waals surface area contributed by atoms with Crippen molar-refractivity contribution >= 4 is 7.85 Å². The molecule has 0 aromatic rings. The first-order chi connectivity index (χ1) is 4.24. The molecule has 0 aliphatic carbocycles. The van der Waals surface area contributed by atoms with E-state index in [1.807, 2.05) is 0 Å². The van der Waals surface area contributed by atoms with E-state index in [1.165, 1.54) is 0 Å². The van der Waals surface area contributed by atoms with E-state index in [2.05, 4.69) is 0 Å². The summed E-state index contributed by atoms with van der Waals surface area (Å²) in [5, 5.41) is 8.59. The number of rotatable bonds is 1. The summed E-state index contributed by atoms with van der Waals surface area (Å²) in [5.41, 5.74) is 5.51. The lowest BCUT2D eigenvalue weighted by Crippen LogP contribution is -2.32. The van der Waals surface area contributed by atoms with Crippen molar-refractivity contribution in [1.29, 1.82) is 0 Å². The average molecular weight is 127 g/mol. The predicted octanol–water partition coefficient (Wildman–Crippen LogP) is -1.41. The van der Waals surface area contributed by atoms with Gasteiger partial charge in [0.25, 0.3) is 0 Å². The Morgan fingerprint density at radius 1 is 1.78 bits per heavy atom. The second-order valence-electron chi connectivity index (χ2n) is 2.30. The van der Waals surface area contributed by atoms with Crippen LogP contribution in [0.5, 0.6) is 0 Å². The van der Waals surface area contributed by atoms with Gasteiger partial charge < -0.3 is 15.6 Å². The molecule has 1 aliphatic rings. The van der Waals surface area contributed by atoms with E-state index < -0.39 is 0 Å². The number of hydrogen-bond donors (Lipinski definition) is 2. The van der Waals surface area contributed by atoms with Gasteiger partial charge in [-0.15, -0.1) is 0 Å². The molecular weight excluding hydrogens is 117 g/mol. The van der Waals surface area contributed by atoms with Gasteiger partial charge in [0, 0.05) is 12.0 Å². The van der Waals surface area contributed by atoms with Crippen molar-refractivity contribution in [1.82, 2.24) is 0 Å². The molecule has 0 spiro atoms. The summed E-state index contributed by atoms with van der Waals surface area (Å²) in [7, 11) is 5.38. The van der Waals surface area contributed by atoms with E-state index in [0.717, 1.165) is 0 Å². The molecule has 0 bridgehead atoms. The van der Waals surface area contributed by atoms with E-state index >= 15 is 0 Å². The second-order valence-corrected chi connectivity index (χ2v) is 2.30. The molecule has 0 aromatic heterocycles. The molecule has 0 aromatic carbocycles. The molecule has 3 atom stereocenters. The van der Waals surface area contributed by atoms with Crippen LogP contribution in [0.1, 0.15) is 6.42 Å².